The van der Waals surface area contributed by atoms with Gasteiger partial charge in [0.2, 0.25) is 0 Å². The number of ketones is 1. The van der Waals surface area contributed by atoms with Crippen LogP contribution in [0, 0.1) is 11.6 Å². The average molecular weight is 286 g/mol. The predicted molar refractivity (Wildman–Crippen MR) is 75.4 cm³/mol. The molecule has 1 aliphatic rings. The van der Waals surface area contributed by atoms with Gasteiger partial charge in [0, 0.05) is 12.0 Å². The van der Waals surface area contributed by atoms with E-state index in [-0.39, 0.29) is 5.78 Å². The molecule has 0 radical (unpaired) electrons. The van der Waals surface area contributed by atoms with Gasteiger partial charge in [-0.3, -0.25) is 4.79 Å². The molecule has 3 rings (SSSR count). The molecule has 0 aliphatic carbocycles. The van der Waals surface area contributed by atoms with Crippen LogP contribution in [0.2, 0.25) is 0 Å². The van der Waals surface area contributed by atoms with Crippen molar-refractivity contribution in [3.63, 3.8) is 0 Å². The summed E-state index contributed by atoms with van der Waals surface area (Å²) in [6.07, 6.45) is 3.61. The molecule has 4 heteroatoms. The lowest BCUT2D eigenvalue weighted by molar-refractivity contribution is 0.104. The molecule has 0 spiro atoms. The van der Waals surface area contributed by atoms with Gasteiger partial charge in [-0.05, 0) is 47.5 Å². The Morgan fingerprint density at radius 3 is 2.76 bits per heavy atom. The maximum absolute atomic E-state index is 13.1. The second-order valence-corrected chi connectivity index (χ2v) is 4.79. The van der Waals surface area contributed by atoms with E-state index in [0.29, 0.717) is 17.7 Å². The van der Waals surface area contributed by atoms with Crippen LogP contribution in [0.1, 0.15) is 21.5 Å². The molecule has 0 amide bonds. The van der Waals surface area contributed by atoms with Crippen LogP contribution in [0.5, 0.6) is 5.75 Å². The van der Waals surface area contributed by atoms with E-state index in [2.05, 4.69) is 0 Å². The quantitative estimate of drug-likeness (QED) is 0.634. The lowest BCUT2D eigenvalue weighted by Crippen LogP contribution is -1.95. The third kappa shape index (κ3) is 2.84. The van der Waals surface area contributed by atoms with E-state index < -0.39 is 11.6 Å². The summed E-state index contributed by atoms with van der Waals surface area (Å²) in [6.45, 7) is 0.637. The van der Waals surface area contributed by atoms with E-state index in [1.54, 1.807) is 18.2 Å². The summed E-state index contributed by atoms with van der Waals surface area (Å²) in [5, 5.41) is 0. The molecule has 0 N–H and O–H groups in total. The van der Waals surface area contributed by atoms with Crippen LogP contribution in [-0.2, 0) is 6.42 Å². The summed E-state index contributed by atoms with van der Waals surface area (Å²) in [6, 6.07) is 8.78. The predicted octanol–water partition coefficient (Wildman–Crippen LogP) is 3.80. The molecule has 0 saturated heterocycles. The van der Waals surface area contributed by atoms with Crippen molar-refractivity contribution in [3.8, 4) is 5.75 Å². The second kappa shape index (κ2) is 5.48. The van der Waals surface area contributed by atoms with Gasteiger partial charge in [0.25, 0.3) is 0 Å². The van der Waals surface area contributed by atoms with Crippen molar-refractivity contribution in [2.24, 2.45) is 0 Å². The van der Waals surface area contributed by atoms with E-state index >= 15 is 0 Å². The smallest absolute Gasteiger partial charge is 0.185 e. The summed E-state index contributed by atoms with van der Waals surface area (Å²) in [5.74, 6) is -1.21. The molecule has 0 saturated carbocycles. The summed E-state index contributed by atoms with van der Waals surface area (Å²) in [5.41, 5.74) is 2.01. The highest BCUT2D eigenvalue weighted by Gasteiger charge is 2.13. The Morgan fingerprint density at radius 1 is 1.10 bits per heavy atom. The third-order valence-electron chi connectivity index (χ3n) is 3.34. The zero-order valence-corrected chi connectivity index (χ0v) is 11.1. The molecule has 0 unspecified atom stereocenters. The number of benzene rings is 2. The van der Waals surface area contributed by atoms with Crippen molar-refractivity contribution in [2.75, 3.05) is 6.61 Å². The van der Waals surface area contributed by atoms with Gasteiger partial charge in [-0.1, -0.05) is 12.1 Å². The monoisotopic (exact) mass is 286 g/mol. The van der Waals surface area contributed by atoms with Gasteiger partial charge < -0.3 is 4.74 Å². The van der Waals surface area contributed by atoms with Crippen LogP contribution in [0.3, 0.4) is 0 Å². The van der Waals surface area contributed by atoms with Crippen molar-refractivity contribution in [2.45, 2.75) is 6.42 Å². The number of allylic oxidation sites excluding steroid dienone is 1. The number of rotatable bonds is 3. The highest BCUT2D eigenvalue weighted by atomic mass is 19.2. The summed E-state index contributed by atoms with van der Waals surface area (Å²) < 4.78 is 31.3. The van der Waals surface area contributed by atoms with Crippen LogP contribution in [-0.4, -0.2) is 12.4 Å². The van der Waals surface area contributed by atoms with E-state index in [1.807, 2.05) is 0 Å². The van der Waals surface area contributed by atoms with Crippen LogP contribution in [0.4, 0.5) is 8.78 Å². The van der Waals surface area contributed by atoms with Crippen LogP contribution >= 0.6 is 0 Å². The maximum Gasteiger partial charge on any atom is 0.185 e. The largest absolute Gasteiger partial charge is 0.493 e. The van der Waals surface area contributed by atoms with Crippen molar-refractivity contribution >= 4 is 11.9 Å². The standard InChI is InChI=1S/C17H12F2O2/c18-14-4-1-11(9-15(14)19)2-5-16(20)12-3-6-17-13(10-12)7-8-21-17/h1-6,9-10H,7-8H2/b5-2+. The SMILES string of the molecule is O=C(/C=C/c1ccc(F)c(F)c1)c1ccc2c(c1)CCO2. The van der Waals surface area contributed by atoms with Crippen LogP contribution in [0.15, 0.2) is 42.5 Å². The number of fused-ring (bicyclic) bond motifs is 1. The van der Waals surface area contributed by atoms with Crippen molar-refractivity contribution in [1.82, 2.24) is 0 Å². The minimum atomic E-state index is -0.931. The number of carbonyl (C=O) groups is 1. The van der Waals surface area contributed by atoms with Crippen LogP contribution < -0.4 is 4.74 Å². The van der Waals surface area contributed by atoms with Gasteiger partial charge in [0.05, 0.1) is 6.61 Å². The molecule has 1 aliphatic heterocycles. The fourth-order valence-corrected chi connectivity index (χ4v) is 2.22. The van der Waals surface area contributed by atoms with Crippen molar-refractivity contribution < 1.29 is 18.3 Å². The molecular weight excluding hydrogens is 274 g/mol. The molecule has 1 heterocycles. The fraction of sp³-hybridized carbons (Fsp3) is 0.118. The Kier molecular flexibility index (Phi) is 3.52. The van der Waals surface area contributed by atoms with Gasteiger partial charge in [-0.2, -0.15) is 0 Å². The Hall–Kier alpha value is -2.49. The van der Waals surface area contributed by atoms with E-state index in [4.69, 9.17) is 4.74 Å². The van der Waals surface area contributed by atoms with Gasteiger partial charge in [0.1, 0.15) is 5.75 Å². The number of hydrogen-bond donors (Lipinski definition) is 0. The second-order valence-electron chi connectivity index (χ2n) is 4.79. The molecule has 0 atom stereocenters. The number of carbonyl (C=O) groups excluding carboxylic acids is 1. The molecule has 2 nitrogen and oxygen atoms in total. The molecule has 2 aromatic carbocycles. The first-order chi connectivity index (χ1) is 10.1. The molecule has 0 fully saturated rings. The summed E-state index contributed by atoms with van der Waals surface area (Å²) >= 11 is 0. The maximum atomic E-state index is 13.1. The molecule has 0 aromatic heterocycles. The Labute approximate surface area is 120 Å². The van der Waals surface area contributed by atoms with E-state index in [0.717, 1.165) is 29.9 Å². The van der Waals surface area contributed by atoms with Gasteiger partial charge in [-0.25, -0.2) is 8.78 Å². The Bertz CT molecular complexity index is 736. The third-order valence-corrected chi connectivity index (χ3v) is 3.34. The van der Waals surface area contributed by atoms with Crippen molar-refractivity contribution in [1.29, 1.82) is 0 Å². The molecule has 0 bridgehead atoms. The lowest BCUT2D eigenvalue weighted by atomic mass is 10.0. The van der Waals surface area contributed by atoms with Gasteiger partial charge in [-0.15, -0.1) is 0 Å². The molecule has 106 valence electrons. The minimum absolute atomic E-state index is 0.186. The fourth-order valence-electron chi connectivity index (χ4n) is 2.22. The first-order valence-electron chi connectivity index (χ1n) is 6.57. The minimum Gasteiger partial charge on any atom is -0.493 e. The zero-order chi connectivity index (χ0) is 14.8. The lowest BCUT2D eigenvalue weighted by Gasteiger charge is -2.01. The highest BCUT2D eigenvalue weighted by Crippen LogP contribution is 2.26. The Morgan fingerprint density at radius 2 is 1.95 bits per heavy atom. The van der Waals surface area contributed by atoms with Gasteiger partial charge in [0.15, 0.2) is 17.4 Å². The summed E-state index contributed by atoms with van der Waals surface area (Å²) in [7, 11) is 0. The van der Waals surface area contributed by atoms with E-state index in [1.165, 1.54) is 18.2 Å². The highest BCUT2D eigenvalue weighted by molar-refractivity contribution is 6.07. The first kappa shape index (κ1) is 13.5. The van der Waals surface area contributed by atoms with Crippen LogP contribution in [0.25, 0.3) is 6.08 Å². The zero-order valence-electron chi connectivity index (χ0n) is 11.1. The molecule has 21 heavy (non-hydrogen) atoms. The van der Waals surface area contributed by atoms with E-state index in [9.17, 15) is 13.6 Å². The summed E-state index contributed by atoms with van der Waals surface area (Å²) in [4.78, 5) is 12.1. The first-order valence-corrected chi connectivity index (χ1v) is 6.57. The number of halogens is 2. The normalized spacial score (nSPS) is 13.2. The molecule has 2 aromatic rings. The van der Waals surface area contributed by atoms with Crippen molar-refractivity contribution in [3.05, 3.63) is 70.8 Å². The molecular formula is C17H12F2O2. The van der Waals surface area contributed by atoms with Gasteiger partial charge >= 0.3 is 0 Å². The average Bonchev–Trinajstić information content (AvgIpc) is 2.95. The topological polar surface area (TPSA) is 26.3 Å². The number of hydrogen-bond acceptors (Lipinski definition) is 2. The Balaban J connectivity index is 1.79. The number of ether oxygens (including phenoxy) is 1.